The highest BCUT2D eigenvalue weighted by Crippen LogP contribution is 2.18. The van der Waals surface area contributed by atoms with Crippen LogP contribution in [0.1, 0.15) is 26.7 Å². The highest BCUT2D eigenvalue weighted by atomic mass is 32.2. The molecule has 0 spiro atoms. The van der Waals surface area contributed by atoms with Gasteiger partial charge in [0.1, 0.15) is 0 Å². The summed E-state index contributed by atoms with van der Waals surface area (Å²) in [5.74, 6) is 1.22. The van der Waals surface area contributed by atoms with Crippen LogP contribution in [0.15, 0.2) is 35.2 Å². The summed E-state index contributed by atoms with van der Waals surface area (Å²) in [6.07, 6.45) is 1.37. The van der Waals surface area contributed by atoms with E-state index in [2.05, 4.69) is 17.4 Å². The summed E-state index contributed by atoms with van der Waals surface area (Å²) in [7, 11) is 0. The molecule has 4 heteroatoms. The van der Waals surface area contributed by atoms with Crippen molar-refractivity contribution in [2.24, 2.45) is 5.92 Å². The van der Waals surface area contributed by atoms with Crippen molar-refractivity contribution in [3.63, 3.8) is 0 Å². The molecule has 106 valence electrons. The smallest absolute Gasteiger partial charge is 0.220 e. The maximum Gasteiger partial charge on any atom is 0.220 e. The molecule has 0 bridgehead atoms. The minimum absolute atomic E-state index is 0.00215. The monoisotopic (exact) mass is 281 g/mol. The quantitative estimate of drug-likeness (QED) is 0.569. The first-order valence-electron chi connectivity index (χ1n) is 6.71. The van der Waals surface area contributed by atoms with E-state index in [-0.39, 0.29) is 24.5 Å². The van der Waals surface area contributed by atoms with Gasteiger partial charge in [-0.15, -0.1) is 11.8 Å². The van der Waals surface area contributed by atoms with Crippen molar-refractivity contribution >= 4 is 17.7 Å². The highest BCUT2D eigenvalue weighted by molar-refractivity contribution is 7.99. The number of aliphatic hydroxyl groups excluding tert-OH is 1. The van der Waals surface area contributed by atoms with Gasteiger partial charge in [0.2, 0.25) is 5.91 Å². The van der Waals surface area contributed by atoms with Crippen LogP contribution in [0.3, 0.4) is 0 Å². The van der Waals surface area contributed by atoms with Crippen molar-refractivity contribution in [1.82, 2.24) is 5.32 Å². The number of thioether (sulfide) groups is 1. The number of carbonyl (C=O) groups is 1. The first-order valence-corrected chi connectivity index (χ1v) is 7.70. The van der Waals surface area contributed by atoms with E-state index in [9.17, 15) is 4.79 Å². The number of carbonyl (C=O) groups excluding carboxylic acids is 1. The zero-order chi connectivity index (χ0) is 14.1. The molecule has 19 heavy (non-hydrogen) atoms. The fourth-order valence-electron chi connectivity index (χ4n) is 1.64. The Kier molecular flexibility index (Phi) is 7.60. The molecule has 0 saturated heterocycles. The lowest BCUT2D eigenvalue weighted by molar-refractivity contribution is -0.122. The molecule has 0 unspecified atom stereocenters. The molecule has 0 aliphatic rings. The molecule has 0 aromatic heterocycles. The number of amides is 1. The van der Waals surface area contributed by atoms with Crippen molar-refractivity contribution in [3.8, 4) is 0 Å². The van der Waals surface area contributed by atoms with Gasteiger partial charge in [-0.2, -0.15) is 0 Å². The summed E-state index contributed by atoms with van der Waals surface area (Å²) in [6, 6.07) is 10.1. The second-order valence-electron chi connectivity index (χ2n) is 4.87. The Morgan fingerprint density at radius 3 is 2.58 bits per heavy atom. The van der Waals surface area contributed by atoms with Crippen LogP contribution in [-0.2, 0) is 4.79 Å². The molecule has 0 saturated carbocycles. The maximum absolute atomic E-state index is 11.7. The predicted molar refractivity (Wildman–Crippen MR) is 80.3 cm³/mol. The molecular weight excluding hydrogens is 258 g/mol. The third-order valence-corrected chi connectivity index (χ3v) is 4.01. The maximum atomic E-state index is 11.7. The second kappa shape index (κ2) is 8.99. The summed E-state index contributed by atoms with van der Waals surface area (Å²) in [5, 5.41) is 12.0. The Bertz CT molecular complexity index is 368. The van der Waals surface area contributed by atoms with Gasteiger partial charge in [-0.05, 0) is 30.2 Å². The fraction of sp³-hybridized carbons (Fsp3) is 0.533. The van der Waals surface area contributed by atoms with Gasteiger partial charge in [0.05, 0.1) is 12.6 Å². The van der Waals surface area contributed by atoms with Gasteiger partial charge < -0.3 is 10.4 Å². The van der Waals surface area contributed by atoms with Crippen molar-refractivity contribution in [1.29, 1.82) is 0 Å². The van der Waals surface area contributed by atoms with Crippen molar-refractivity contribution < 1.29 is 9.90 Å². The zero-order valence-corrected chi connectivity index (χ0v) is 12.5. The van der Waals surface area contributed by atoms with Gasteiger partial charge in [0.15, 0.2) is 0 Å². The molecule has 1 aromatic rings. The molecule has 1 aromatic carbocycles. The molecule has 0 aliphatic carbocycles. The van der Waals surface area contributed by atoms with Crippen LogP contribution >= 0.6 is 11.8 Å². The first-order chi connectivity index (χ1) is 9.13. The van der Waals surface area contributed by atoms with E-state index >= 15 is 0 Å². The number of rotatable bonds is 8. The van der Waals surface area contributed by atoms with Gasteiger partial charge in [0, 0.05) is 11.3 Å². The van der Waals surface area contributed by atoms with Crippen molar-refractivity contribution in [2.75, 3.05) is 12.4 Å². The van der Waals surface area contributed by atoms with Crippen molar-refractivity contribution in [3.05, 3.63) is 30.3 Å². The van der Waals surface area contributed by atoms with Crippen molar-refractivity contribution in [2.45, 2.75) is 37.6 Å². The summed E-state index contributed by atoms with van der Waals surface area (Å²) >= 11 is 1.76. The van der Waals surface area contributed by atoms with Crippen LogP contribution in [0.2, 0.25) is 0 Å². The molecule has 0 aliphatic heterocycles. The molecule has 1 rings (SSSR count). The Morgan fingerprint density at radius 2 is 2.00 bits per heavy atom. The van der Waals surface area contributed by atoms with E-state index in [1.54, 1.807) is 11.8 Å². The van der Waals surface area contributed by atoms with Gasteiger partial charge in [-0.3, -0.25) is 4.79 Å². The normalized spacial score (nSPS) is 12.4. The second-order valence-corrected chi connectivity index (χ2v) is 6.03. The number of aliphatic hydroxyl groups is 1. The van der Waals surface area contributed by atoms with E-state index in [4.69, 9.17) is 5.11 Å². The molecule has 0 radical (unpaired) electrons. The Morgan fingerprint density at radius 1 is 1.32 bits per heavy atom. The van der Waals surface area contributed by atoms with E-state index in [0.717, 1.165) is 12.2 Å². The Labute approximate surface area is 119 Å². The van der Waals surface area contributed by atoms with Crippen LogP contribution in [-0.4, -0.2) is 29.4 Å². The van der Waals surface area contributed by atoms with E-state index in [1.807, 2.05) is 32.0 Å². The summed E-state index contributed by atoms with van der Waals surface area (Å²) < 4.78 is 0. The third kappa shape index (κ3) is 6.64. The number of nitrogens with one attached hydrogen (secondary N) is 1. The first kappa shape index (κ1) is 16.1. The summed E-state index contributed by atoms with van der Waals surface area (Å²) in [5.41, 5.74) is 0. The highest BCUT2D eigenvalue weighted by Gasteiger charge is 2.14. The largest absolute Gasteiger partial charge is 0.394 e. The van der Waals surface area contributed by atoms with Crippen LogP contribution in [0.25, 0.3) is 0 Å². The number of hydrogen-bond acceptors (Lipinski definition) is 3. The Hall–Kier alpha value is -1.00. The molecule has 1 amide bonds. The molecule has 0 heterocycles. The average molecular weight is 281 g/mol. The molecular formula is C15H23NO2S. The summed E-state index contributed by atoms with van der Waals surface area (Å²) in [6.45, 7) is 3.99. The molecule has 1 atom stereocenters. The molecule has 3 nitrogen and oxygen atoms in total. The van der Waals surface area contributed by atoms with Crippen LogP contribution in [0.4, 0.5) is 0 Å². The topological polar surface area (TPSA) is 49.3 Å². The molecule has 0 fully saturated rings. The van der Waals surface area contributed by atoms with Gasteiger partial charge in [-0.1, -0.05) is 32.0 Å². The van der Waals surface area contributed by atoms with Crippen LogP contribution < -0.4 is 5.32 Å². The van der Waals surface area contributed by atoms with Crippen LogP contribution in [0, 0.1) is 5.92 Å². The summed E-state index contributed by atoms with van der Waals surface area (Å²) in [4.78, 5) is 12.9. The Balaban J connectivity index is 2.17. The lowest BCUT2D eigenvalue weighted by atomic mass is 10.1. The van der Waals surface area contributed by atoms with Gasteiger partial charge in [0.25, 0.3) is 0 Å². The molecule has 2 N–H and O–H groups in total. The van der Waals surface area contributed by atoms with Gasteiger partial charge in [-0.25, -0.2) is 0 Å². The van der Waals surface area contributed by atoms with E-state index in [1.165, 1.54) is 4.90 Å². The average Bonchev–Trinajstić information content (AvgIpc) is 2.42. The van der Waals surface area contributed by atoms with Gasteiger partial charge >= 0.3 is 0 Å². The lowest BCUT2D eigenvalue weighted by Gasteiger charge is -2.19. The number of benzene rings is 1. The standard InChI is InChI=1S/C15H23NO2S/c1-12(2)14(11-17)16-15(18)9-6-10-19-13-7-4-3-5-8-13/h3-5,7-8,12,14,17H,6,9-11H2,1-2H3,(H,16,18)/t14-/m1/s1. The zero-order valence-electron chi connectivity index (χ0n) is 11.6. The van der Waals surface area contributed by atoms with Crippen LogP contribution in [0.5, 0.6) is 0 Å². The minimum atomic E-state index is -0.130. The third-order valence-electron chi connectivity index (χ3n) is 2.91. The number of hydrogen-bond donors (Lipinski definition) is 2. The SMILES string of the molecule is CC(C)[C@@H](CO)NC(=O)CCCSc1ccccc1. The van der Waals surface area contributed by atoms with E-state index in [0.29, 0.717) is 6.42 Å². The minimum Gasteiger partial charge on any atom is -0.394 e. The van der Waals surface area contributed by atoms with E-state index < -0.39 is 0 Å². The lowest BCUT2D eigenvalue weighted by Crippen LogP contribution is -2.41. The fourth-order valence-corrected chi connectivity index (χ4v) is 2.52. The predicted octanol–water partition coefficient (Wildman–Crippen LogP) is 2.69.